The number of hydrogen-bond donors (Lipinski definition) is 2. The Hall–Kier alpha value is -0.800. The molecule has 0 saturated heterocycles. The molecule has 4 heteroatoms. The molecule has 0 aliphatic rings. The first-order chi connectivity index (χ1) is 4.59. The summed E-state index contributed by atoms with van der Waals surface area (Å²) in [7, 11) is 0. The van der Waals surface area contributed by atoms with Gasteiger partial charge in [0.1, 0.15) is 0 Å². The van der Waals surface area contributed by atoms with Crippen LogP contribution in [0.25, 0.3) is 0 Å². The second-order valence-electron chi connectivity index (χ2n) is 1.96. The maximum atomic E-state index is 10.2. The van der Waals surface area contributed by atoms with Crippen molar-refractivity contribution in [1.29, 1.82) is 0 Å². The minimum atomic E-state index is -1.05. The van der Waals surface area contributed by atoms with Crippen LogP contribution in [-0.4, -0.2) is 17.1 Å². The summed E-state index contributed by atoms with van der Waals surface area (Å²) in [5, 5.41) is 8.37. The van der Waals surface area contributed by atoms with Crippen LogP contribution in [0, 0.1) is 0 Å². The number of carboxylic acid groups (broad SMARTS) is 1. The second-order valence-corrected chi connectivity index (χ2v) is 1.96. The molecule has 11 heavy (non-hydrogen) atoms. The molecule has 0 aromatic heterocycles. The molecular weight excluding hydrogens is 166 g/mol. The molecule has 1 unspecified atom stereocenters. The topological polar surface area (TPSA) is 63.3 Å². The number of aliphatic carboxylic acids is 1. The molecule has 0 aliphatic carbocycles. The van der Waals surface area contributed by atoms with Crippen LogP contribution in [-0.2, 0) is 4.79 Å². The first kappa shape index (κ1) is 12.8. The highest BCUT2D eigenvalue weighted by Crippen LogP contribution is 2.00. The van der Waals surface area contributed by atoms with E-state index in [1.165, 1.54) is 0 Å². The van der Waals surface area contributed by atoms with Crippen LogP contribution >= 0.6 is 12.4 Å². The summed E-state index contributed by atoms with van der Waals surface area (Å²) in [6.45, 7) is 6.73. The molecule has 0 fully saturated rings. The van der Waals surface area contributed by atoms with E-state index in [2.05, 4.69) is 13.2 Å². The molecule has 1 atom stereocenters. The first-order valence-corrected chi connectivity index (χ1v) is 2.88. The Morgan fingerprint density at radius 3 is 2.45 bits per heavy atom. The van der Waals surface area contributed by atoms with Gasteiger partial charge in [-0.15, -0.1) is 19.0 Å². The molecular formula is C7H12ClNO2. The van der Waals surface area contributed by atoms with E-state index in [-0.39, 0.29) is 18.0 Å². The van der Waals surface area contributed by atoms with E-state index in [1.54, 1.807) is 6.08 Å². The van der Waals surface area contributed by atoms with Gasteiger partial charge in [-0.05, 0) is 6.42 Å². The van der Waals surface area contributed by atoms with E-state index in [0.717, 1.165) is 0 Å². The van der Waals surface area contributed by atoms with Crippen LogP contribution in [0.3, 0.4) is 0 Å². The van der Waals surface area contributed by atoms with Gasteiger partial charge in [-0.1, -0.05) is 12.7 Å². The molecule has 3 nitrogen and oxygen atoms in total. The van der Waals surface area contributed by atoms with Gasteiger partial charge in [0, 0.05) is 11.6 Å². The summed E-state index contributed by atoms with van der Waals surface area (Å²) in [6, 6.07) is -0.505. The fourth-order valence-corrected chi connectivity index (χ4v) is 0.480. The van der Waals surface area contributed by atoms with Crippen LogP contribution in [0.5, 0.6) is 0 Å². The lowest BCUT2D eigenvalue weighted by molar-refractivity contribution is -0.132. The molecule has 0 rings (SSSR count). The van der Waals surface area contributed by atoms with Gasteiger partial charge < -0.3 is 10.8 Å². The van der Waals surface area contributed by atoms with E-state index in [1.807, 2.05) is 0 Å². The average molecular weight is 178 g/mol. The highest BCUT2D eigenvalue weighted by Gasteiger charge is 2.11. The lowest BCUT2D eigenvalue weighted by Gasteiger charge is -2.06. The maximum Gasteiger partial charge on any atom is 0.332 e. The fraction of sp³-hybridized carbons (Fsp3) is 0.286. The van der Waals surface area contributed by atoms with Gasteiger partial charge in [0.25, 0.3) is 0 Å². The normalized spacial score (nSPS) is 11.0. The molecule has 0 saturated carbocycles. The van der Waals surface area contributed by atoms with Gasteiger partial charge in [-0.25, -0.2) is 4.79 Å². The van der Waals surface area contributed by atoms with Gasteiger partial charge in [0.15, 0.2) is 0 Å². The van der Waals surface area contributed by atoms with Crippen LogP contribution in [0.1, 0.15) is 6.42 Å². The van der Waals surface area contributed by atoms with Gasteiger partial charge in [0.05, 0.1) is 0 Å². The van der Waals surface area contributed by atoms with Gasteiger partial charge in [-0.3, -0.25) is 0 Å². The molecule has 64 valence electrons. The number of halogens is 1. The largest absolute Gasteiger partial charge is 0.478 e. The third-order valence-corrected chi connectivity index (χ3v) is 1.14. The zero-order valence-corrected chi connectivity index (χ0v) is 6.93. The molecule has 0 aliphatic heterocycles. The SMILES string of the molecule is C=CCC(N)C(=C)C(=O)O.Cl. The molecule has 0 amide bonds. The third kappa shape index (κ3) is 4.58. The predicted molar refractivity (Wildman–Crippen MR) is 46.8 cm³/mol. The molecule has 0 radical (unpaired) electrons. The van der Waals surface area contributed by atoms with Crippen molar-refractivity contribution in [3.63, 3.8) is 0 Å². The van der Waals surface area contributed by atoms with E-state index < -0.39 is 12.0 Å². The van der Waals surface area contributed by atoms with Gasteiger partial charge in [-0.2, -0.15) is 0 Å². The minimum Gasteiger partial charge on any atom is -0.478 e. The molecule has 0 heterocycles. The molecule has 3 N–H and O–H groups in total. The van der Waals surface area contributed by atoms with Crippen LogP contribution in [0.15, 0.2) is 24.8 Å². The highest BCUT2D eigenvalue weighted by molar-refractivity contribution is 5.87. The van der Waals surface area contributed by atoms with E-state index in [4.69, 9.17) is 10.8 Å². The Labute approximate surface area is 72.0 Å². The Morgan fingerprint density at radius 1 is 1.73 bits per heavy atom. The van der Waals surface area contributed by atoms with Crippen LogP contribution in [0.2, 0.25) is 0 Å². The zero-order chi connectivity index (χ0) is 8.15. The molecule has 0 bridgehead atoms. The summed E-state index contributed by atoms with van der Waals surface area (Å²) in [6.07, 6.45) is 2.02. The Bertz CT molecular complexity index is 168. The van der Waals surface area contributed by atoms with Crippen molar-refractivity contribution in [1.82, 2.24) is 0 Å². The maximum absolute atomic E-state index is 10.2. The third-order valence-electron chi connectivity index (χ3n) is 1.14. The lowest BCUT2D eigenvalue weighted by atomic mass is 10.1. The zero-order valence-electron chi connectivity index (χ0n) is 6.12. The monoisotopic (exact) mass is 177 g/mol. The summed E-state index contributed by atoms with van der Waals surface area (Å²) < 4.78 is 0. The predicted octanol–water partition coefficient (Wildman–Crippen LogP) is 0.952. The first-order valence-electron chi connectivity index (χ1n) is 2.88. The van der Waals surface area contributed by atoms with Crippen molar-refractivity contribution in [3.8, 4) is 0 Å². The smallest absolute Gasteiger partial charge is 0.332 e. The standard InChI is InChI=1S/C7H11NO2.ClH/c1-3-4-6(8)5(2)7(9)10;/h3,6H,1-2,4,8H2,(H,9,10);1H. The minimum absolute atomic E-state index is 0. The number of rotatable bonds is 4. The summed E-state index contributed by atoms with van der Waals surface area (Å²) >= 11 is 0. The van der Waals surface area contributed by atoms with E-state index >= 15 is 0 Å². The number of hydrogen-bond acceptors (Lipinski definition) is 2. The van der Waals surface area contributed by atoms with Crippen molar-refractivity contribution in [2.45, 2.75) is 12.5 Å². The fourth-order valence-electron chi connectivity index (χ4n) is 0.480. The lowest BCUT2D eigenvalue weighted by Crippen LogP contribution is -2.25. The molecule has 0 aromatic carbocycles. The van der Waals surface area contributed by atoms with Crippen LogP contribution in [0.4, 0.5) is 0 Å². The van der Waals surface area contributed by atoms with Crippen LogP contribution < -0.4 is 5.73 Å². The number of carbonyl (C=O) groups is 1. The summed E-state index contributed by atoms with van der Waals surface area (Å²) in [5.41, 5.74) is 5.40. The van der Waals surface area contributed by atoms with E-state index in [9.17, 15) is 4.79 Å². The average Bonchev–Trinajstić information content (AvgIpc) is 1.87. The van der Waals surface area contributed by atoms with Crippen molar-refractivity contribution < 1.29 is 9.90 Å². The quantitative estimate of drug-likeness (QED) is 0.497. The summed E-state index contributed by atoms with van der Waals surface area (Å²) in [4.78, 5) is 10.2. The van der Waals surface area contributed by atoms with Crippen molar-refractivity contribution in [3.05, 3.63) is 24.8 Å². The van der Waals surface area contributed by atoms with Crippen molar-refractivity contribution >= 4 is 18.4 Å². The molecule has 0 spiro atoms. The Morgan fingerprint density at radius 2 is 2.18 bits per heavy atom. The molecule has 0 aromatic rings. The van der Waals surface area contributed by atoms with E-state index in [0.29, 0.717) is 6.42 Å². The Kier molecular flexibility index (Phi) is 6.94. The van der Waals surface area contributed by atoms with Crippen molar-refractivity contribution in [2.24, 2.45) is 5.73 Å². The summed E-state index contributed by atoms with van der Waals surface area (Å²) in [5.74, 6) is -1.05. The Balaban J connectivity index is 0. The van der Waals surface area contributed by atoms with Gasteiger partial charge in [0.2, 0.25) is 0 Å². The number of nitrogens with two attached hydrogens (primary N) is 1. The highest BCUT2D eigenvalue weighted by atomic mass is 35.5. The van der Waals surface area contributed by atoms with Crippen molar-refractivity contribution in [2.75, 3.05) is 0 Å². The van der Waals surface area contributed by atoms with Gasteiger partial charge >= 0.3 is 5.97 Å². The number of carboxylic acids is 1. The second kappa shape index (κ2) is 5.95.